The largest absolute Gasteiger partial charge is 1.00 e. The van der Waals surface area contributed by atoms with E-state index in [-0.39, 0.29) is 29.6 Å². The minimum Gasteiger partial charge on any atom is -0.550 e. The van der Waals surface area contributed by atoms with Crippen LogP contribution in [0.25, 0.3) is 0 Å². The average Bonchev–Trinajstić information content (AvgIpc) is 2.44. The van der Waals surface area contributed by atoms with Crippen LogP contribution in [0.2, 0.25) is 0 Å². The van der Waals surface area contributed by atoms with Gasteiger partial charge >= 0.3 is 47.5 Å². The van der Waals surface area contributed by atoms with Crippen LogP contribution in [0.4, 0.5) is 0 Å². The van der Waals surface area contributed by atoms with Crippen LogP contribution in [0, 0.1) is 0 Å². The molecule has 0 saturated heterocycles. The summed E-state index contributed by atoms with van der Waals surface area (Å²) in [5, 5.41) is 43.9. The monoisotopic (exact) mass is 386 g/mol. The van der Waals surface area contributed by atoms with Crippen molar-refractivity contribution >= 4 is 23.9 Å². The molecule has 9 nitrogen and oxygen atoms in total. The van der Waals surface area contributed by atoms with Crippen molar-refractivity contribution in [1.82, 2.24) is 0 Å². The molecule has 26 heavy (non-hydrogen) atoms. The van der Waals surface area contributed by atoms with E-state index in [0.29, 0.717) is 6.42 Å². The molecule has 1 atom stereocenters. The van der Waals surface area contributed by atoms with Crippen molar-refractivity contribution in [2.45, 2.75) is 76.7 Å². The normalized spacial score (nSPS) is 11.9. The van der Waals surface area contributed by atoms with Gasteiger partial charge in [0, 0.05) is 18.8 Å². The summed E-state index contributed by atoms with van der Waals surface area (Å²) < 4.78 is 0. The van der Waals surface area contributed by atoms with E-state index in [2.05, 4.69) is 6.92 Å². The maximum absolute atomic E-state index is 10.3. The van der Waals surface area contributed by atoms with Crippen molar-refractivity contribution < 1.29 is 74.3 Å². The molecule has 0 aromatic carbocycles. The van der Waals surface area contributed by atoms with Crippen molar-refractivity contribution in [3.8, 4) is 0 Å². The predicted molar refractivity (Wildman–Crippen MR) is 84.7 cm³/mol. The molecule has 0 heterocycles. The Morgan fingerprint density at radius 3 is 1.62 bits per heavy atom. The van der Waals surface area contributed by atoms with Crippen LogP contribution in [0.3, 0.4) is 0 Å². The number of aliphatic carboxylic acids is 4. The summed E-state index contributed by atoms with van der Waals surface area (Å²) in [6, 6.07) is 0. The van der Waals surface area contributed by atoms with Gasteiger partial charge in [0.25, 0.3) is 0 Å². The van der Waals surface area contributed by atoms with E-state index >= 15 is 0 Å². The van der Waals surface area contributed by atoms with Gasteiger partial charge in [-0.15, -0.1) is 0 Å². The first-order valence-corrected chi connectivity index (χ1v) is 8.14. The summed E-state index contributed by atoms with van der Waals surface area (Å²) in [6.07, 6.45) is 6.20. The Balaban J connectivity index is -0.000000393. The van der Waals surface area contributed by atoms with Crippen molar-refractivity contribution in [3.05, 3.63) is 0 Å². The third-order valence-corrected chi connectivity index (χ3v) is 3.27. The van der Waals surface area contributed by atoms with Crippen LogP contribution in [0.1, 0.15) is 71.1 Å². The molecule has 0 rings (SSSR count). The molecule has 0 amide bonds. The van der Waals surface area contributed by atoms with E-state index in [1.807, 2.05) is 0 Å². The number of rotatable bonds is 13. The zero-order valence-corrected chi connectivity index (χ0v) is 17.4. The van der Waals surface area contributed by atoms with Crippen molar-refractivity contribution in [1.29, 1.82) is 0 Å². The maximum Gasteiger partial charge on any atom is 1.00 e. The molecule has 0 aromatic rings. The summed E-state index contributed by atoms with van der Waals surface area (Å²) in [5.74, 6) is -6.00. The summed E-state index contributed by atoms with van der Waals surface area (Å²) in [4.78, 5) is 40.5. The number of carbonyl (C=O) groups is 4. The fourth-order valence-electron chi connectivity index (χ4n) is 1.94. The molecule has 0 aromatic heterocycles. The first kappa shape index (κ1) is 29.6. The molecule has 0 saturated carbocycles. The molecular weight excluding hydrogens is 359 g/mol. The quantitative estimate of drug-likeness (QED) is 0.199. The molecule has 10 heteroatoms. The number of carboxylic acids is 4. The van der Waals surface area contributed by atoms with Crippen LogP contribution in [-0.2, 0) is 19.2 Å². The molecule has 0 aliphatic carbocycles. The van der Waals surface area contributed by atoms with E-state index in [4.69, 9.17) is 20.4 Å². The van der Waals surface area contributed by atoms with Crippen LogP contribution in [-0.4, -0.2) is 49.9 Å². The molecule has 0 bridgehead atoms. The second-order valence-electron chi connectivity index (χ2n) is 5.72. The molecule has 146 valence electrons. The third-order valence-electron chi connectivity index (χ3n) is 3.27. The van der Waals surface area contributed by atoms with E-state index < -0.39 is 42.3 Å². The van der Waals surface area contributed by atoms with Gasteiger partial charge in [0.05, 0.1) is 6.42 Å². The Labute approximate surface area is 174 Å². The van der Waals surface area contributed by atoms with Gasteiger partial charge in [-0.25, -0.2) is 4.79 Å². The van der Waals surface area contributed by atoms with Gasteiger partial charge in [-0.3, -0.25) is 9.59 Å². The number of aliphatic hydroxyl groups is 1. The average molecular weight is 386 g/mol. The zero-order valence-electron chi connectivity index (χ0n) is 15.4. The molecular formula is C16H27NaO9. The Morgan fingerprint density at radius 2 is 1.27 bits per heavy atom. The first-order valence-electron chi connectivity index (χ1n) is 8.14. The number of hydrogen-bond acceptors (Lipinski definition) is 6. The number of carbonyl (C=O) groups excluding carboxylic acids is 1. The number of hydrogen-bond donors (Lipinski definition) is 4. The van der Waals surface area contributed by atoms with Gasteiger partial charge in [0.1, 0.15) is 0 Å². The molecule has 0 aliphatic heterocycles. The van der Waals surface area contributed by atoms with Gasteiger partial charge in [-0.05, 0) is 6.42 Å². The third kappa shape index (κ3) is 19.2. The second-order valence-corrected chi connectivity index (χ2v) is 5.72. The first-order chi connectivity index (χ1) is 11.5. The summed E-state index contributed by atoms with van der Waals surface area (Å²) in [6.45, 7) is 2.20. The summed E-state index contributed by atoms with van der Waals surface area (Å²) >= 11 is 0. The Hall–Kier alpha value is -1.16. The number of carboxylic acid groups (broad SMARTS) is 4. The Morgan fingerprint density at radius 1 is 0.808 bits per heavy atom. The van der Waals surface area contributed by atoms with Crippen LogP contribution in [0.15, 0.2) is 0 Å². The summed E-state index contributed by atoms with van der Waals surface area (Å²) in [5.41, 5.74) is -2.80. The summed E-state index contributed by atoms with van der Waals surface area (Å²) in [7, 11) is 0. The molecule has 4 N–H and O–H groups in total. The molecule has 0 spiro atoms. The van der Waals surface area contributed by atoms with E-state index in [9.17, 15) is 24.3 Å². The molecule has 0 radical (unpaired) electrons. The zero-order chi connectivity index (χ0) is 19.9. The minimum atomic E-state index is -2.80. The minimum absolute atomic E-state index is 0. The fourth-order valence-corrected chi connectivity index (χ4v) is 1.94. The fraction of sp³-hybridized carbons (Fsp3) is 0.750. The number of unbranched alkanes of at least 4 members (excludes halogenated alkanes) is 6. The van der Waals surface area contributed by atoms with E-state index in [1.165, 1.54) is 32.1 Å². The van der Waals surface area contributed by atoms with E-state index in [0.717, 1.165) is 12.8 Å². The SMILES string of the molecule is CCCCCCCCCC(=O)O.O=C([O-])CC(O)(CC(=O)O)C(=O)O.[Na+]. The van der Waals surface area contributed by atoms with Gasteiger partial charge < -0.3 is 30.3 Å². The van der Waals surface area contributed by atoms with Crippen molar-refractivity contribution in [2.24, 2.45) is 0 Å². The molecule has 0 aliphatic rings. The van der Waals surface area contributed by atoms with E-state index in [1.54, 1.807) is 0 Å². The van der Waals surface area contributed by atoms with Gasteiger partial charge in [-0.1, -0.05) is 45.4 Å². The van der Waals surface area contributed by atoms with Crippen LogP contribution >= 0.6 is 0 Å². The maximum atomic E-state index is 10.3. The smallest absolute Gasteiger partial charge is 0.550 e. The van der Waals surface area contributed by atoms with Crippen LogP contribution in [0.5, 0.6) is 0 Å². The van der Waals surface area contributed by atoms with Crippen LogP contribution < -0.4 is 34.7 Å². The second kappa shape index (κ2) is 17.3. The van der Waals surface area contributed by atoms with Gasteiger partial charge in [0.15, 0.2) is 5.60 Å². The molecule has 1 unspecified atom stereocenters. The Bertz CT molecular complexity index is 421. The molecule has 0 fully saturated rings. The topological polar surface area (TPSA) is 172 Å². The standard InChI is InChI=1S/C10H20O2.C6H8O7.Na/c1-2-3-4-5-6-7-8-9-10(11)12;7-3(8)1-6(13,5(11)12)2-4(9)10;/h2-9H2,1H3,(H,11,12);13H,1-2H2,(H,7,8)(H,9,10)(H,11,12);/q;;+1/p-1. The predicted octanol–water partition coefficient (Wildman–Crippen LogP) is -2.37. The Kier molecular flexibility index (Phi) is 19.7. The van der Waals surface area contributed by atoms with Gasteiger partial charge in [0.2, 0.25) is 0 Å². The van der Waals surface area contributed by atoms with Crippen molar-refractivity contribution in [3.63, 3.8) is 0 Å². The van der Waals surface area contributed by atoms with Crippen molar-refractivity contribution in [2.75, 3.05) is 0 Å². The van der Waals surface area contributed by atoms with Gasteiger partial charge in [-0.2, -0.15) is 0 Å².